The minimum atomic E-state index is -0.658. The van der Waals surface area contributed by atoms with Crippen LogP contribution in [-0.2, 0) is 0 Å². The molecule has 86 valence electrons. The van der Waals surface area contributed by atoms with Gasteiger partial charge in [0.05, 0.1) is 17.5 Å². The Kier molecular flexibility index (Phi) is 2.68. The van der Waals surface area contributed by atoms with Gasteiger partial charge in [-0.1, -0.05) is 13.8 Å². The predicted octanol–water partition coefficient (Wildman–Crippen LogP) is 2.65. The molecule has 1 N–H and O–H groups in total. The number of hydrogen-bond acceptors (Lipinski definition) is 2. The van der Waals surface area contributed by atoms with Crippen molar-refractivity contribution in [1.29, 1.82) is 0 Å². The van der Waals surface area contributed by atoms with Crippen molar-refractivity contribution in [2.75, 3.05) is 0 Å². The van der Waals surface area contributed by atoms with Crippen molar-refractivity contribution in [3.63, 3.8) is 0 Å². The van der Waals surface area contributed by atoms with Gasteiger partial charge in [0, 0.05) is 6.20 Å². The number of aromatic nitrogens is 2. The Bertz CT molecular complexity index is 517. The van der Waals surface area contributed by atoms with Crippen LogP contribution in [-0.4, -0.2) is 14.5 Å². The van der Waals surface area contributed by atoms with E-state index in [9.17, 15) is 9.50 Å². The lowest BCUT2D eigenvalue weighted by molar-refractivity contribution is 0.191. The Balaban J connectivity index is 2.77. The summed E-state index contributed by atoms with van der Waals surface area (Å²) in [6.45, 7) is 5.67. The van der Waals surface area contributed by atoms with Crippen molar-refractivity contribution in [2.24, 2.45) is 0 Å². The normalized spacial score (nSPS) is 13.6. The minimum absolute atomic E-state index is 0.201. The zero-order valence-electron chi connectivity index (χ0n) is 9.61. The van der Waals surface area contributed by atoms with Gasteiger partial charge in [-0.2, -0.15) is 0 Å². The lowest BCUT2D eigenvalue weighted by Crippen LogP contribution is -2.03. The zero-order chi connectivity index (χ0) is 11.9. The Hall–Kier alpha value is -1.42. The largest absolute Gasteiger partial charge is 0.387 e. The number of hydrogen-bond donors (Lipinski definition) is 1. The molecule has 2 aromatic rings. The van der Waals surface area contributed by atoms with Gasteiger partial charge < -0.3 is 5.11 Å². The van der Waals surface area contributed by atoms with Crippen LogP contribution in [0.3, 0.4) is 0 Å². The number of fused-ring (bicyclic) bond motifs is 1. The number of imidazole rings is 1. The van der Waals surface area contributed by atoms with Crippen molar-refractivity contribution in [3.05, 3.63) is 35.5 Å². The van der Waals surface area contributed by atoms with Gasteiger partial charge in [-0.25, -0.2) is 9.37 Å². The lowest BCUT2D eigenvalue weighted by Gasteiger charge is -2.09. The van der Waals surface area contributed by atoms with Crippen LogP contribution in [0.15, 0.2) is 18.3 Å². The van der Waals surface area contributed by atoms with Crippen LogP contribution in [0.25, 0.3) is 5.65 Å². The summed E-state index contributed by atoms with van der Waals surface area (Å²) in [6.07, 6.45) is 0.699. The third-order valence-electron chi connectivity index (χ3n) is 2.59. The fourth-order valence-electron chi connectivity index (χ4n) is 1.90. The first kappa shape index (κ1) is 11.1. The summed E-state index contributed by atoms with van der Waals surface area (Å²) >= 11 is 0. The van der Waals surface area contributed by atoms with Crippen LogP contribution in [0.2, 0.25) is 0 Å². The van der Waals surface area contributed by atoms with E-state index < -0.39 is 6.10 Å². The number of rotatable bonds is 2. The highest BCUT2D eigenvalue weighted by Gasteiger charge is 2.18. The quantitative estimate of drug-likeness (QED) is 0.848. The van der Waals surface area contributed by atoms with Crippen LogP contribution in [0.4, 0.5) is 4.39 Å². The lowest BCUT2D eigenvalue weighted by atomic mass is 10.1. The van der Waals surface area contributed by atoms with Gasteiger partial charge in [0.25, 0.3) is 0 Å². The summed E-state index contributed by atoms with van der Waals surface area (Å²) in [5, 5.41) is 9.75. The fourth-order valence-corrected chi connectivity index (χ4v) is 1.90. The summed E-state index contributed by atoms with van der Waals surface area (Å²) < 4.78 is 14.8. The molecular formula is C12H15FN2O. The van der Waals surface area contributed by atoms with E-state index in [1.807, 2.05) is 13.8 Å². The second-order valence-electron chi connectivity index (χ2n) is 4.29. The molecule has 0 aliphatic rings. The molecule has 0 aliphatic carbocycles. The number of nitrogens with zero attached hydrogens (tertiary/aromatic N) is 2. The SMILES string of the molecule is CC(C)c1nc2ccc(F)cn2c1C(C)O. The second kappa shape index (κ2) is 3.87. The summed E-state index contributed by atoms with van der Waals surface area (Å²) in [7, 11) is 0. The molecule has 16 heavy (non-hydrogen) atoms. The third-order valence-corrected chi connectivity index (χ3v) is 2.59. The van der Waals surface area contributed by atoms with Gasteiger partial charge in [0.15, 0.2) is 0 Å². The highest BCUT2D eigenvalue weighted by Crippen LogP contribution is 2.25. The van der Waals surface area contributed by atoms with E-state index in [1.54, 1.807) is 17.4 Å². The first-order chi connectivity index (χ1) is 7.50. The van der Waals surface area contributed by atoms with Crippen molar-refractivity contribution in [2.45, 2.75) is 32.8 Å². The van der Waals surface area contributed by atoms with E-state index in [2.05, 4.69) is 4.98 Å². The molecule has 0 saturated carbocycles. The van der Waals surface area contributed by atoms with E-state index in [0.717, 1.165) is 5.69 Å². The van der Waals surface area contributed by atoms with E-state index >= 15 is 0 Å². The number of pyridine rings is 1. The van der Waals surface area contributed by atoms with Crippen LogP contribution >= 0.6 is 0 Å². The molecule has 0 fully saturated rings. The average molecular weight is 222 g/mol. The predicted molar refractivity (Wildman–Crippen MR) is 59.9 cm³/mol. The Morgan fingerprint density at radius 2 is 2.00 bits per heavy atom. The van der Waals surface area contributed by atoms with Crippen molar-refractivity contribution < 1.29 is 9.50 Å². The molecule has 0 aliphatic heterocycles. The molecule has 2 rings (SSSR count). The topological polar surface area (TPSA) is 37.5 Å². The highest BCUT2D eigenvalue weighted by atomic mass is 19.1. The molecule has 0 amide bonds. The first-order valence-electron chi connectivity index (χ1n) is 5.36. The van der Waals surface area contributed by atoms with Crippen LogP contribution in [0.5, 0.6) is 0 Å². The molecule has 0 radical (unpaired) electrons. The zero-order valence-corrected chi connectivity index (χ0v) is 9.61. The summed E-state index contributed by atoms with van der Waals surface area (Å²) in [5.41, 5.74) is 2.16. The van der Waals surface area contributed by atoms with Crippen LogP contribution in [0.1, 0.15) is 44.2 Å². The van der Waals surface area contributed by atoms with E-state index in [1.165, 1.54) is 12.3 Å². The molecule has 2 aromatic heterocycles. The molecule has 0 saturated heterocycles. The van der Waals surface area contributed by atoms with Gasteiger partial charge in [-0.05, 0) is 25.0 Å². The maximum atomic E-state index is 13.2. The molecule has 4 heteroatoms. The van der Waals surface area contributed by atoms with E-state index in [-0.39, 0.29) is 11.7 Å². The molecule has 2 heterocycles. The average Bonchev–Trinajstić information content (AvgIpc) is 2.55. The number of aliphatic hydroxyl groups excluding tert-OH is 1. The van der Waals surface area contributed by atoms with Crippen LogP contribution in [0, 0.1) is 5.82 Å². The highest BCUT2D eigenvalue weighted by molar-refractivity contribution is 5.44. The summed E-state index contributed by atoms with van der Waals surface area (Å²) in [4.78, 5) is 4.41. The van der Waals surface area contributed by atoms with Crippen LogP contribution < -0.4 is 0 Å². The van der Waals surface area contributed by atoms with Gasteiger partial charge >= 0.3 is 0 Å². The van der Waals surface area contributed by atoms with Gasteiger partial charge in [-0.3, -0.25) is 4.40 Å². The summed E-state index contributed by atoms with van der Waals surface area (Å²) in [6, 6.07) is 2.99. The Labute approximate surface area is 93.6 Å². The smallest absolute Gasteiger partial charge is 0.139 e. The fraction of sp³-hybridized carbons (Fsp3) is 0.417. The molecule has 0 spiro atoms. The maximum Gasteiger partial charge on any atom is 0.139 e. The molecule has 1 atom stereocenters. The first-order valence-corrected chi connectivity index (χ1v) is 5.36. The van der Waals surface area contributed by atoms with Crippen molar-refractivity contribution >= 4 is 5.65 Å². The van der Waals surface area contributed by atoms with E-state index in [4.69, 9.17) is 0 Å². The molecule has 1 unspecified atom stereocenters. The van der Waals surface area contributed by atoms with Crippen molar-refractivity contribution in [3.8, 4) is 0 Å². The second-order valence-corrected chi connectivity index (χ2v) is 4.29. The third kappa shape index (κ3) is 1.69. The van der Waals surface area contributed by atoms with Gasteiger partial charge in [-0.15, -0.1) is 0 Å². The Morgan fingerprint density at radius 1 is 1.31 bits per heavy atom. The number of aliphatic hydroxyl groups is 1. The molecular weight excluding hydrogens is 207 g/mol. The van der Waals surface area contributed by atoms with Gasteiger partial charge in [0.1, 0.15) is 11.5 Å². The van der Waals surface area contributed by atoms with Gasteiger partial charge in [0.2, 0.25) is 0 Å². The number of halogens is 1. The standard InChI is InChI=1S/C12H15FN2O/c1-7(2)11-12(8(3)16)15-6-9(13)4-5-10(15)14-11/h4-8,16H,1-3H3. The molecule has 0 aromatic carbocycles. The minimum Gasteiger partial charge on any atom is -0.387 e. The maximum absolute atomic E-state index is 13.2. The Morgan fingerprint density at radius 3 is 2.56 bits per heavy atom. The molecule has 3 nitrogen and oxygen atoms in total. The van der Waals surface area contributed by atoms with Crippen molar-refractivity contribution in [1.82, 2.24) is 9.38 Å². The summed E-state index contributed by atoms with van der Waals surface area (Å²) in [5.74, 6) is -0.130. The molecule has 0 bridgehead atoms. The van der Waals surface area contributed by atoms with E-state index in [0.29, 0.717) is 11.3 Å². The monoisotopic (exact) mass is 222 g/mol.